The molecule has 1 amide bonds. The van der Waals surface area contributed by atoms with E-state index in [-0.39, 0.29) is 24.5 Å². The van der Waals surface area contributed by atoms with E-state index < -0.39 is 0 Å². The highest BCUT2D eigenvalue weighted by Crippen LogP contribution is 2.43. The van der Waals surface area contributed by atoms with Crippen LogP contribution in [-0.2, 0) is 16.0 Å². The van der Waals surface area contributed by atoms with Gasteiger partial charge in [-0.3, -0.25) is 4.79 Å². The van der Waals surface area contributed by atoms with E-state index in [1.807, 2.05) is 85.8 Å². The lowest BCUT2D eigenvalue weighted by Crippen LogP contribution is -2.42. The molecule has 0 spiro atoms. The van der Waals surface area contributed by atoms with Crippen molar-refractivity contribution in [2.45, 2.75) is 52.0 Å². The second-order valence-corrected chi connectivity index (χ2v) is 11.3. The Labute approximate surface area is 246 Å². The number of ether oxygens (including phenoxy) is 1. The number of fused-ring (bicyclic) bond motifs is 1. The monoisotopic (exact) mass is 567 g/mol. The van der Waals surface area contributed by atoms with Crippen LogP contribution in [0.1, 0.15) is 72.6 Å². The first-order valence-corrected chi connectivity index (χ1v) is 15.5. The van der Waals surface area contributed by atoms with E-state index in [1.165, 1.54) is 24.8 Å². The van der Waals surface area contributed by atoms with Crippen molar-refractivity contribution in [2.75, 3.05) is 24.2 Å². The second kappa shape index (κ2) is 13.7. The van der Waals surface area contributed by atoms with Crippen LogP contribution in [0.4, 0.5) is 5.69 Å². The van der Waals surface area contributed by atoms with Gasteiger partial charge in [-0.1, -0.05) is 86.1 Å². The van der Waals surface area contributed by atoms with Crippen LogP contribution in [-0.4, -0.2) is 40.8 Å². The highest BCUT2D eigenvalue weighted by molar-refractivity contribution is 8.13. The van der Waals surface area contributed by atoms with Gasteiger partial charge in [0, 0.05) is 29.1 Å². The van der Waals surface area contributed by atoms with Crippen molar-refractivity contribution < 1.29 is 14.3 Å². The van der Waals surface area contributed by atoms with Crippen molar-refractivity contribution >= 4 is 40.2 Å². The van der Waals surface area contributed by atoms with Gasteiger partial charge in [-0.2, -0.15) is 0 Å². The minimum atomic E-state index is -0.356. The molecule has 5 rings (SSSR count). The Bertz CT molecular complexity index is 1420. The molecule has 0 bridgehead atoms. The number of nitrogens with one attached hydrogen (secondary N) is 1. The quantitative estimate of drug-likeness (QED) is 0.203. The van der Waals surface area contributed by atoms with Crippen LogP contribution in [0.3, 0.4) is 0 Å². The van der Waals surface area contributed by atoms with Gasteiger partial charge in [0.05, 0.1) is 23.9 Å². The van der Waals surface area contributed by atoms with Gasteiger partial charge in [0.25, 0.3) is 5.91 Å². The molecule has 0 aliphatic carbocycles. The molecule has 1 N–H and O–H groups in total. The summed E-state index contributed by atoms with van der Waals surface area (Å²) >= 11 is 1.72. The van der Waals surface area contributed by atoms with Crippen LogP contribution in [0.15, 0.2) is 89.4 Å². The highest BCUT2D eigenvalue weighted by atomic mass is 32.2. The average Bonchev–Trinajstić information content (AvgIpc) is 3.01. The van der Waals surface area contributed by atoms with Gasteiger partial charge in [0.15, 0.2) is 5.17 Å². The third kappa shape index (κ3) is 6.73. The third-order valence-electron chi connectivity index (χ3n) is 7.38. The zero-order valence-electron chi connectivity index (χ0n) is 23.8. The fourth-order valence-electron chi connectivity index (χ4n) is 5.29. The van der Waals surface area contributed by atoms with Crippen LogP contribution >= 0.6 is 11.8 Å². The number of thioether (sulfide) groups is 1. The Balaban J connectivity index is 1.41. The number of benzene rings is 3. The molecule has 1 unspecified atom stereocenters. The van der Waals surface area contributed by atoms with Crippen molar-refractivity contribution in [3.05, 3.63) is 107 Å². The molecule has 0 radical (unpaired) electrons. The maximum absolute atomic E-state index is 13.5. The minimum absolute atomic E-state index is 0.143. The number of unbranched alkanes of at least 4 members (excludes halogenated alkanes) is 2. The summed E-state index contributed by atoms with van der Waals surface area (Å²) in [7, 11) is 0. The number of amidine groups is 1. The fraction of sp³-hybridized carbons (Fsp3) is 0.324. The number of anilines is 1. The van der Waals surface area contributed by atoms with Crippen molar-refractivity contribution in [1.29, 1.82) is 0 Å². The average molecular weight is 568 g/mol. The first-order valence-electron chi connectivity index (χ1n) is 14.5. The molecule has 2 heterocycles. The SMILES string of the molecule is CCCCCc1ccc(C(=O)Nc2ccc(C3C(C(=O)OCC)=C(c4ccccc4)N=C4SCCCN43)cc2)cc1. The van der Waals surface area contributed by atoms with Crippen molar-refractivity contribution in [3.8, 4) is 0 Å². The third-order valence-corrected chi connectivity index (χ3v) is 8.46. The first-order chi connectivity index (χ1) is 20.1. The van der Waals surface area contributed by atoms with Crippen LogP contribution < -0.4 is 5.32 Å². The van der Waals surface area contributed by atoms with Crippen molar-refractivity contribution in [2.24, 2.45) is 4.99 Å². The number of amides is 1. The maximum Gasteiger partial charge on any atom is 0.338 e. The van der Waals surface area contributed by atoms with Crippen LogP contribution in [0.5, 0.6) is 0 Å². The predicted octanol–water partition coefficient (Wildman–Crippen LogP) is 7.50. The number of nitrogens with zero attached hydrogens (tertiary/aromatic N) is 2. The zero-order chi connectivity index (χ0) is 28.6. The minimum Gasteiger partial charge on any atom is -0.463 e. The van der Waals surface area contributed by atoms with E-state index in [9.17, 15) is 9.59 Å². The van der Waals surface area contributed by atoms with Crippen molar-refractivity contribution in [1.82, 2.24) is 4.90 Å². The largest absolute Gasteiger partial charge is 0.463 e. The smallest absolute Gasteiger partial charge is 0.338 e. The lowest BCUT2D eigenvalue weighted by molar-refractivity contribution is -0.139. The number of carbonyl (C=O) groups is 2. The van der Waals surface area contributed by atoms with Gasteiger partial charge >= 0.3 is 5.97 Å². The van der Waals surface area contributed by atoms with Gasteiger partial charge in [0.1, 0.15) is 0 Å². The number of esters is 1. The summed E-state index contributed by atoms with van der Waals surface area (Å²) in [4.78, 5) is 33.6. The van der Waals surface area contributed by atoms with Gasteiger partial charge in [-0.15, -0.1) is 0 Å². The summed E-state index contributed by atoms with van der Waals surface area (Å²) in [5, 5.41) is 3.94. The molecule has 0 saturated carbocycles. The molecule has 212 valence electrons. The first kappa shape index (κ1) is 28.7. The molecule has 7 heteroatoms. The number of rotatable bonds is 10. The van der Waals surface area contributed by atoms with Crippen molar-refractivity contribution in [3.63, 3.8) is 0 Å². The summed E-state index contributed by atoms with van der Waals surface area (Å²) in [5.74, 6) is 0.491. The molecular formula is C34H37N3O3S. The summed E-state index contributed by atoms with van der Waals surface area (Å²) < 4.78 is 5.57. The molecule has 2 aliphatic rings. The van der Waals surface area contributed by atoms with E-state index in [4.69, 9.17) is 9.73 Å². The van der Waals surface area contributed by atoms with E-state index in [0.29, 0.717) is 22.5 Å². The Morgan fingerprint density at radius 2 is 1.73 bits per heavy atom. The normalized spacial score (nSPS) is 16.6. The fourth-order valence-corrected chi connectivity index (χ4v) is 6.26. The number of hydrogen-bond donors (Lipinski definition) is 1. The number of aliphatic imine (C=N–C) groups is 1. The standard InChI is InChI=1S/C34H37N3O3S/c1-3-5-7-11-24-14-16-27(17-15-24)32(38)35-28-20-18-26(19-21-28)31-29(33(39)40-4-2)30(25-12-8-6-9-13-25)36-34-37(31)22-10-23-41-34/h6,8-9,12-21,31H,3-5,7,10-11,22-23H2,1-2H3,(H,35,38). The van der Waals surface area contributed by atoms with Crippen LogP contribution in [0, 0.1) is 0 Å². The predicted molar refractivity (Wildman–Crippen MR) is 168 cm³/mol. The Morgan fingerprint density at radius 3 is 2.44 bits per heavy atom. The summed E-state index contributed by atoms with van der Waals surface area (Å²) in [6.07, 6.45) is 5.62. The summed E-state index contributed by atoms with van der Waals surface area (Å²) in [5.41, 5.74) is 5.63. The van der Waals surface area contributed by atoms with E-state index >= 15 is 0 Å². The summed E-state index contributed by atoms with van der Waals surface area (Å²) in [6.45, 7) is 5.11. The molecule has 6 nitrogen and oxygen atoms in total. The van der Waals surface area contributed by atoms with Gasteiger partial charge in [-0.25, -0.2) is 9.79 Å². The lowest BCUT2D eigenvalue weighted by atomic mass is 9.91. The number of hydrogen-bond acceptors (Lipinski definition) is 6. The Morgan fingerprint density at radius 1 is 0.976 bits per heavy atom. The van der Waals surface area contributed by atoms with Crippen LogP contribution in [0.2, 0.25) is 0 Å². The van der Waals surface area contributed by atoms with E-state index in [1.54, 1.807) is 11.8 Å². The van der Waals surface area contributed by atoms with E-state index in [0.717, 1.165) is 41.4 Å². The molecule has 1 saturated heterocycles. The summed E-state index contributed by atoms with van der Waals surface area (Å²) in [6, 6.07) is 25.1. The van der Waals surface area contributed by atoms with Gasteiger partial charge in [0.2, 0.25) is 0 Å². The second-order valence-electron chi connectivity index (χ2n) is 10.3. The van der Waals surface area contributed by atoms with Gasteiger partial charge < -0.3 is 15.0 Å². The molecule has 1 atom stereocenters. The van der Waals surface area contributed by atoms with Gasteiger partial charge in [-0.05, 0) is 61.6 Å². The molecule has 3 aromatic rings. The number of aryl methyl sites for hydroxylation is 1. The Hall–Kier alpha value is -3.84. The highest BCUT2D eigenvalue weighted by Gasteiger charge is 2.39. The molecule has 3 aromatic carbocycles. The molecular weight excluding hydrogens is 530 g/mol. The lowest BCUT2D eigenvalue weighted by Gasteiger charge is -2.41. The number of carbonyl (C=O) groups excluding carboxylic acids is 2. The molecule has 41 heavy (non-hydrogen) atoms. The van der Waals surface area contributed by atoms with E-state index in [2.05, 4.69) is 17.1 Å². The van der Waals surface area contributed by atoms with Crippen LogP contribution in [0.25, 0.3) is 5.70 Å². The molecule has 0 aromatic heterocycles. The molecule has 2 aliphatic heterocycles. The molecule has 1 fully saturated rings. The maximum atomic E-state index is 13.5. The topological polar surface area (TPSA) is 71.0 Å². The Kier molecular flexibility index (Phi) is 9.57. The zero-order valence-corrected chi connectivity index (χ0v) is 24.6.